The lowest BCUT2D eigenvalue weighted by molar-refractivity contribution is -0.141. The summed E-state index contributed by atoms with van der Waals surface area (Å²) in [5.41, 5.74) is 2.92. The van der Waals surface area contributed by atoms with Gasteiger partial charge in [-0.25, -0.2) is 4.79 Å². The Morgan fingerprint density at radius 1 is 1.44 bits per heavy atom. The summed E-state index contributed by atoms with van der Waals surface area (Å²) < 4.78 is 6.80. The van der Waals surface area contributed by atoms with Crippen molar-refractivity contribution in [2.24, 2.45) is 7.05 Å². The van der Waals surface area contributed by atoms with E-state index in [4.69, 9.17) is 4.74 Å². The van der Waals surface area contributed by atoms with Crippen molar-refractivity contribution in [2.45, 2.75) is 33.8 Å². The smallest absolute Gasteiger partial charge is 0.331 e. The van der Waals surface area contributed by atoms with Gasteiger partial charge < -0.3 is 4.74 Å². The molecule has 0 saturated heterocycles. The van der Waals surface area contributed by atoms with Gasteiger partial charge in [0.25, 0.3) is 0 Å². The average molecular weight is 222 g/mol. The molecule has 4 heteroatoms. The van der Waals surface area contributed by atoms with Crippen molar-refractivity contribution >= 4 is 12.0 Å². The summed E-state index contributed by atoms with van der Waals surface area (Å²) in [5, 5.41) is 4.26. The van der Waals surface area contributed by atoms with Crippen molar-refractivity contribution < 1.29 is 9.53 Å². The van der Waals surface area contributed by atoms with Gasteiger partial charge in [0.2, 0.25) is 0 Å². The Morgan fingerprint density at radius 2 is 2.06 bits per heavy atom. The van der Waals surface area contributed by atoms with Crippen LogP contribution in [0.3, 0.4) is 0 Å². The molecule has 1 heterocycles. The minimum absolute atomic E-state index is 0.0896. The van der Waals surface area contributed by atoms with Crippen molar-refractivity contribution in [3.63, 3.8) is 0 Å². The van der Waals surface area contributed by atoms with Crippen LogP contribution < -0.4 is 0 Å². The van der Waals surface area contributed by atoms with E-state index in [0.29, 0.717) is 0 Å². The monoisotopic (exact) mass is 222 g/mol. The van der Waals surface area contributed by atoms with Crippen LogP contribution in [0.25, 0.3) is 6.08 Å². The first-order valence-corrected chi connectivity index (χ1v) is 5.30. The molecule has 1 rings (SSSR count). The minimum atomic E-state index is -0.322. The number of aryl methyl sites for hydroxylation is 2. The molecule has 1 aromatic heterocycles. The second-order valence-corrected chi connectivity index (χ2v) is 4.03. The van der Waals surface area contributed by atoms with E-state index < -0.39 is 0 Å². The average Bonchev–Trinajstić information content (AvgIpc) is 2.38. The molecule has 0 aromatic carbocycles. The van der Waals surface area contributed by atoms with Crippen LogP contribution in [0.2, 0.25) is 0 Å². The van der Waals surface area contributed by atoms with E-state index in [1.54, 1.807) is 10.8 Å². The zero-order valence-corrected chi connectivity index (χ0v) is 10.4. The number of rotatable bonds is 3. The maximum absolute atomic E-state index is 11.3. The minimum Gasteiger partial charge on any atom is -0.460 e. The Kier molecular flexibility index (Phi) is 3.88. The number of aromatic nitrogens is 2. The van der Waals surface area contributed by atoms with Gasteiger partial charge in [-0.1, -0.05) is 0 Å². The third kappa shape index (κ3) is 2.95. The van der Waals surface area contributed by atoms with Gasteiger partial charge in [0.1, 0.15) is 0 Å². The largest absolute Gasteiger partial charge is 0.460 e. The molecule has 0 amide bonds. The summed E-state index contributed by atoms with van der Waals surface area (Å²) in [6, 6.07) is 0. The van der Waals surface area contributed by atoms with Crippen LogP contribution in [-0.4, -0.2) is 21.9 Å². The molecular weight excluding hydrogens is 204 g/mol. The molecule has 0 unspecified atom stereocenters. The van der Waals surface area contributed by atoms with Crippen molar-refractivity contribution in [2.75, 3.05) is 0 Å². The number of ether oxygens (including phenoxy) is 1. The highest BCUT2D eigenvalue weighted by molar-refractivity contribution is 5.87. The second-order valence-electron chi connectivity index (χ2n) is 4.03. The van der Waals surface area contributed by atoms with Gasteiger partial charge in [-0.2, -0.15) is 5.10 Å². The van der Waals surface area contributed by atoms with Gasteiger partial charge in [-0.3, -0.25) is 4.68 Å². The SMILES string of the molecule is Cc1nn(C)c(C)c1/C=C/C(=O)OC(C)C. The lowest BCUT2D eigenvalue weighted by atomic mass is 10.2. The molecule has 88 valence electrons. The molecule has 0 saturated carbocycles. The molecule has 0 aliphatic carbocycles. The predicted molar refractivity (Wildman–Crippen MR) is 62.9 cm³/mol. The van der Waals surface area contributed by atoms with E-state index in [1.807, 2.05) is 34.7 Å². The fourth-order valence-electron chi connectivity index (χ4n) is 1.45. The van der Waals surface area contributed by atoms with Crippen molar-refractivity contribution in [3.05, 3.63) is 23.0 Å². The summed E-state index contributed by atoms with van der Waals surface area (Å²) >= 11 is 0. The Balaban J connectivity index is 2.80. The van der Waals surface area contributed by atoms with Crippen LogP contribution >= 0.6 is 0 Å². The van der Waals surface area contributed by atoms with Gasteiger partial charge in [-0.15, -0.1) is 0 Å². The van der Waals surface area contributed by atoms with Crippen LogP contribution in [-0.2, 0) is 16.6 Å². The van der Waals surface area contributed by atoms with Crippen molar-refractivity contribution in [3.8, 4) is 0 Å². The van der Waals surface area contributed by atoms with Crippen molar-refractivity contribution in [1.29, 1.82) is 0 Å². The van der Waals surface area contributed by atoms with E-state index in [0.717, 1.165) is 17.0 Å². The Labute approximate surface area is 95.9 Å². The number of esters is 1. The van der Waals surface area contributed by atoms with Gasteiger partial charge in [-0.05, 0) is 33.8 Å². The number of hydrogen-bond donors (Lipinski definition) is 0. The maximum atomic E-state index is 11.3. The molecule has 0 aliphatic heterocycles. The van der Waals surface area contributed by atoms with Crippen LogP contribution in [0, 0.1) is 13.8 Å². The molecule has 0 N–H and O–H groups in total. The Bertz CT molecular complexity index is 417. The van der Waals surface area contributed by atoms with E-state index in [9.17, 15) is 4.79 Å². The van der Waals surface area contributed by atoms with E-state index >= 15 is 0 Å². The van der Waals surface area contributed by atoms with Gasteiger partial charge in [0, 0.05) is 24.4 Å². The third-order valence-electron chi connectivity index (χ3n) is 2.30. The molecule has 0 radical (unpaired) electrons. The molecule has 0 bridgehead atoms. The summed E-state index contributed by atoms with van der Waals surface area (Å²) in [5.74, 6) is -0.322. The Morgan fingerprint density at radius 3 is 2.50 bits per heavy atom. The molecule has 1 aromatic rings. The molecule has 4 nitrogen and oxygen atoms in total. The first-order valence-electron chi connectivity index (χ1n) is 5.30. The number of carbonyl (C=O) groups excluding carboxylic acids is 1. The standard InChI is InChI=1S/C12H18N2O2/c1-8(2)16-12(15)7-6-11-9(3)13-14(5)10(11)4/h6-8H,1-5H3/b7-6+. The van der Waals surface area contributed by atoms with Gasteiger partial charge in [0.05, 0.1) is 11.8 Å². The highest BCUT2D eigenvalue weighted by Gasteiger charge is 2.07. The summed E-state index contributed by atoms with van der Waals surface area (Å²) in [6.07, 6.45) is 3.10. The summed E-state index contributed by atoms with van der Waals surface area (Å²) in [4.78, 5) is 11.3. The zero-order valence-electron chi connectivity index (χ0n) is 10.4. The molecule has 0 fully saturated rings. The van der Waals surface area contributed by atoms with E-state index in [1.165, 1.54) is 6.08 Å². The normalized spacial score (nSPS) is 11.4. The molecule has 0 spiro atoms. The molecule has 0 aliphatic rings. The van der Waals surface area contributed by atoms with Crippen LogP contribution in [0.4, 0.5) is 0 Å². The van der Waals surface area contributed by atoms with Gasteiger partial charge >= 0.3 is 5.97 Å². The highest BCUT2D eigenvalue weighted by atomic mass is 16.5. The number of carbonyl (C=O) groups is 1. The summed E-state index contributed by atoms with van der Waals surface area (Å²) in [6.45, 7) is 7.53. The first-order chi connectivity index (χ1) is 7.41. The highest BCUT2D eigenvalue weighted by Crippen LogP contribution is 2.13. The molecule has 16 heavy (non-hydrogen) atoms. The second kappa shape index (κ2) is 4.96. The summed E-state index contributed by atoms with van der Waals surface area (Å²) in [7, 11) is 1.88. The van der Waals surface area contributed by atoms with E-state index in [2.05, 4.69) is 5.10 Å². The lowest BCUT2D eigenvalue weighted by Gasteiger charge is -2.03. The molecular formula is C12H18N2O2. The first kappa shape index (κ1) is 12.5. The quantitative estimate of drug-likeness (QED) is 0.580. The number of hydrogen-bond acceptors (Lipinski definition) is 3. The topological polar surface area (TPSA) is 44.1 Å². The predicted octanol–water partition coefficient (Wildman–Crippen LogP) is 2.00. The van der Waals surface area contributed by atoms with E-state index in [-0.39, 0.29) is 12.1 Å². The fourth-order valence-corrected chi connectivity index (χ4v) is 1.45. The van der Waals surface area contributed by atoms with Crippen LogP contribution in [0.5, 0.6) is 0 Å². The number of nitrogens with zero attached hydrogens (tertiary/aromatic N) is 2. The van der Waals surface area contributed by atoms with Gasteiger partial charge in [0.15, 0.2) is 0 Å². The Hall–Kier alpha value is -1.58. The third-order valence-corrected chi connectivity index (χ3v) is 2.30. The molecule has 0 atom stereocenters. The lowest BCUT2D eigenvalue weighted by Crippen LogP contribution is -2.08. The van der Waals surface area contributed by atoms with Crippen LogP contribution in [0.15, 0.2) is 6.08 Å². The fraction of sp³-hybridized carbons (Fsp3) is 0.500. The van der Waals surface area contributed by atoms with Crippen LogP contribution in [0.1, 0.15) is 30.8 Å². The zero-order chi connectivity index (χ0) is 12.3. The van der Waals surface area contributed by atoms with Crippen molar-refractivity contribution in [1.82, 2.24) is 9.78 Å². The maximum Gasteiger partial charge on any atom is 0.331 e.